The molecule has 1 saturated heterocycles. The number of thiocarbonyl (C=S) groups is 1. The Labute approximate surface area is 182 Å². The van der Waals surface area contributed by atoms with Crippen LogP contribution in [0.1, 0.15) is 36.0 Å². The van der Waals surface area contributed by atoms with Crippen molar-refractivity contribution in [2.24, 2.45) is 5.73 Å². The predicted octanol–water partition coefficient (Wildman–Crippen LogP) is 4.10. The van der Waals surface area contributed by atoms with Crippen molar-refractivity contribution in [3.8, 4) is 0 Å². The molecule has 162 valence electrons. The van der Waals surface area contributed by atoms with E-state index in [0.29, 0.717) is 18.5 Å². The van der Waals surface area contributed by atoms with Gasteiger partial charge >= 0.3 is 6.18 Å². The number of aryl methyl sites for hydroxylation is 1. The molecule has 1 aliphatic heterocycles. The summed E-state index contributed by atoms with van der Waals surface area (Å²) in [5, 5.41) is 0.143. The topological polar surface area (TPSA) is 66.6 Å². The number of benzene rings is 2. The Morgan fingerprint density at radius 2 is 1.74 bits per heavy atom. The van der Waals surface area contributed by atoms with Gasteiger partial charge in [0.1, 0.15) is 5.54 Å². The molecule has 2 aliphatic rings. The number of hydrogen-bond donors (Lipinski definition) is 1. The molecule has 2 aromatic rings. The average molecular weight is 447 g/mol. The third-order valence-electron chi connectivity index (χ3n) is 5.95. The van der Waals surface area contributed by atoms with Crippen LogP contribution in [0.3, 0.4) is 0 Å². The molecule has 2 fully saturated rings. The van der Waals surface area contributed by atoms with Gasteiger partial charge in [0.2, 0.25) is 5.91 Å². The zero-order valence-electron chi connectivity index (χ0n) is 16.7. The van der Waals surface area contributed by atoms with Crippen LogP contribution in [0.25, 0.3) is 0 Å². The average Bonchev–Trinajstić information content (AvgIpc) is 2.89. The molecule has 2 aromatic carbocycles. The van der Waals surface area contributed by atoms with Gasteiger partial charge in [-0.15, -0.1) is 0 Å². The minimum absolute atomic E-state index is 0.0778. The number of alkyl halides is 3. The normalized spacial score (nSPS) is 17.9. The van der Waals surface area contributed by atoms with Crippen LogP contribution in [0.15, 0.2) is 42.5 Å². The predicted molar refractivity (Wildman–Crippen MR) is 115 cm³/mol. The third kappa shape index (κ3) is 3.46. The van der Waals surface area contributed by atoms with Crippen molar-refractivity contribution in [2.45, 2.75) is 44.3 Å². The van der Waals surface area contributed by atoms with E-state index >= 15 is 0 Å². The Bertz CT molecular complexity index is 1080. The van der Waals surface area contributed by atoms with Crippen LogP contribution in [0.2, 0.25) is 0 Å². The van der Waals surface area contributed by atoms with Gasteiger partial charge in [-0.2, -0.15) is 13.2 Å². The number of nitrogens with zero attached hydrogens (tertiary/aromatic N) is 2. The number of carbonyl (C=O) groups is 2. The summed E-state index contributed by atoms with van der Waals surface area (Å²) in [5.74, 6) is -0.775. The Morgan fingerprint density at radius 3 is 2.26 bits per heavy atom. The van der Waals surface area contributed by atoms with E-state index in [4.69, 9.17) is 18.0 Å². The number of anilines is 2. The van der Waals surface area contributed by atoms with Crippen molar-refractivity contribution in [2.75, 3.05) is 9.80 Å². The summed E-state index contributed by atoms with van der Waals surface area (Å²) in [4.78, 5) is 27.5. The second kappa shape index (κ2) is 7.33. The van der Waals surface area contributed by atoms with E-state index in [1.54, 1.807) is 29.2 Å². The van der Waals surface area contributed by atoms with Gasteiger partial charge in [0.05, 0.1) is 17.7 Å². The van der Waals surface area contributed by atoms with Crippen molar-refractivity contribution >= 4 is 40.5 Å². The summed E-state index contributed by atoms with van der Waals surface area (Å²) in [5.41, 5.74) is 5.10. The second-order valence-electron chi connectivity index (χ2n) is 7.95. The van der Waals surface area contributed by atoms with E-state index in [9.17, 15) is 22.8 Å². The summed E-state index contributed by atoms with van der Waals surface area (Å²) in [7, 11) is 0. The fourth-order valence-electron chi connectivity index (χ4n) is 4.23. The van der Waals surface area contributed by atoms with Crippen molar-refractivity contribution in [1.82, 2.24) is 0 Å². The van der Waals surface area contributed by atoms with E-state index in [1.807, 2.05) is 0 Å². The molecule has 1 aliphatic carbocycles. The molecule has 2 amide bonds. The molecule has 1 heterocycles. The number of nitrogens with two attached hydrogens (primary N) is 1. The zero-order chi connectivity index (χ0) is 22.6. The molecule has 31 heavy (non-hydrogen) atoms. The molecule has 1 saturated carbocycles. The van der Waals surface area contributed by atoms with E-state index in [-0.39, 0.29) is 28.7 Å². The van der Waals surface area contributed by atoms with Gasteiger partial charge < -0.3 is 10.6 Å². The first-order chi connectivity index (χ1) is 14.5. The van der Waals surface area contributed by atoms with Gasteiger partial charge in [0.25, 0.3) is 5.91 Å². The highest BCUT2D eigenvalue weighted by Crippen LogP contribution is 2.48. The fourth-order valence-corrected chi connectivity index (χ4v) is 4.70. The summed E-state index contributed by atoms with van der Waals surface area (Å²) in [6.45, 7) is 1.38. The molecule has 0 radical (unpaired) electrons. The standard InChI is InChI=1S/C22H20F3N3O2S/c1-13-3-6-16(12-17(13)22(23,24)25)27-19(30)21(9-2-10-21)28(20(27)31)15-7-4-14(5-8-15)11-18(26)29/h3-8,12H,2,9-11H2,1H3,(H2,26,29). The van der Waals surface area contributed by atoms with Crippen LogP contribution in [0.4, 0.5) is 24.5 Å². The lowest BCUT2D eigenvalue weighted by Gasteiger charge is -2.43. The maximum atomic E-state index is 13.4. The van der Waals surface area contributed by atoms with Crippen molar-refractivity contribution in [3.05, 3.63) is 59.2 Å². The Kier molecular flexibility index (Phi) is 5.04. The maximum Gasteiger partial charge on any atom is 0.416 e. The summed E-state index contributed by atoms with van der Waals surface area (Å²) in [6, 6.07) is 10.8. The number of amides is 2. The summed E-state index contributed by atoms with van der Waals surface area (Å²) in [6.07, 6.45) is -2.51. The van der Waals surface area contributed by atoms with Gasteiger partial charge in [0, 0.05) is 5.69 Å². The van der Waals surface area contributed by atoms with Crippen LogP contribution in [0, 0.1) is 6.92 Å². The first kappa shape index (κ1) is 21.3. The largest absolute Gasteiger partial charge is 0.416 e. The van der Waals surface area contributed by atoms with Crippen LogP contribution < -0.4 is 15.5 Å². The molecule has 9 heteroatoms. The second-order valence-corrected chi connectivity index (χ2v) is 8.32. The number of primary amides is 1. The van der Waals surface area contributed by atoms with Gasteiger partial charge in [0.15, 0.2) is 5.11 Å². The van der Waals surface area contributed by atoms with Crippen LogP contribution in [-0.2, 0) is 22.2 Å². The molecule has 0 unspecified atom stereocenters. The van der Waals surface area contributed by atoms with Gasteiger partial charge in [-0.3, -0.25) is 14.5 Å². The first-order valence-electron chi connectivity index (χ1n) is 9.78. The Balaban J connectivity index is 1.74. The highest BCUT2D eigenvalue weighted by molar-refractivity contribution is 7.81. The fraction of sp³-hybridized carbons (Fsp3) is 0.318. The minimum atomic E-state index is -4.53. The number of rotatable bonds is 4. The molecule has 5 nitrogen and oxygen atoms in total. The smallest absolute Gasteiger partial charge is 0.369 e. The van der Waals surface area contributed by atoms with E-state index in [1.165, 1.54) is 24.0 Å². The molecular weight excluding hydrogens is 427 g/mol. The molecule has 0 bridgehead atoms. The lowest BCUT2D eigenvalue weighted by atomic mass is 9.75. The number of carbonyl (C=O) groups excluding carboxylic acids is 2. The van der Waals surface area contributed by atoms with Crippen LogP contribution >= 0.6 is 12.2 Å². The van der Waals surface area contributed by atoms with Gasteiger partial charge in [-0.05, 0) is 73.8 Å². The van der Waals surface area contributed by atoms with Crippen LogP contribution in [0.5, 0.6) is 0 Å². The molecule has 2 N–H and O–H groups in total. The monoisotopic (exact) mass is 447 g/mol. The van der Waals surface area contributed by atoms with Gasteiger partial charge in [-0.25, -0.2) is 0 Å². The van der Waals surface area contributed by atoms with E-state index in [0.717, 1.165) is 18.1 Å². The minimum Gasteiger partial charge on any atom is -0.369 e. The highest BCUT2D eigenvalue weighted by atomic mass is 32.1. The zero-order valence-corrected chi connectivity index (χ0v) is 17.5. The van der Waals surface area contributed by atoms with Crippen molar-refractivity contribution in [1.29, 1.82) is 0 Å². The van der Waals surface area contributed by atoms with Gasteiger partial charge in [-0.1, -0.05) is 18.2 Å². The number of halogens is 3. The molecule has 0 aromatic heterocycles. The molecular formula is C22H20F3N3O2S. The van der Waals surface area contributed by atoms with E-state index < -0.39 is 23.2 Å². The lowest BCUT2D eigenvalue weighted by Crippen LogP contribution is -2.55. The molecule has 0 atom stereocenters. The van der Waals surface area contributed by atoms with Crippen LogP contribution in [-0.4, -0.2) is 22.5 Å². The Morgan fingerprint density at radius 1 is 1.13 bits per heavy atom. The number of hydrogen-bond acceptors (Lipinski definition) is 3. The van der Waals surface area contributed by atoms with Crippen molar-refractivity contribution in [3.63, 3.8) is 0 Å². The lowest BCUT2D eigenvalue weighted by molar-refractivity contribution is -0.138. The van der Waals surface area contributed by atoms with E-state index in [2.05, 4.69) is 0 Å². The Hall–Kier alpha value is -2.94. The maximum absolute atomic E-state index is 13.4. The highest BCUT2D eigenvalue weighted by Gasteiger charge is 2.59. The summed E-state index contributed by atoms with van der Waals surface area (Å²) >= 11 is 5.60. The molecule has 1 spiro atoms. The van der Waals surface area contributed by atoms with Crippen molar-refractivity contribution < 1.29 is 22.8 Å². The molecule has 4 rings (SSSR count). The quantitative estimate of drug-likeness (QED) is 0.717. The summed E-state index contributed by atoms with van der Waals surface area (Å²) < 4.78 is 40.3. The SMILES string of the molecule is Cc1ccc(N2C(=O)C3(CCC3)N(c3ccc(CC(N)=O)cc3)C2=S)cc1C(F)(F)F. The third-order valence-corrected chi connectivity index (χ3v) is 6.32. The first-order valence-corrected chi connectivity index (χ1v) is 10.2.